The minimum Gasteiger partial charge on any atom is -0.394 e. The number of hydrogen-bond donors (Lipinski definition) is 2. The summed E-state index contributed by atoms with van der Waals surface area (Å²) >= 11 is 6.17. The van der Waals surface area contributed by atoms with Crippen LogP contribution in [0.5, 0.6) is 0 Å². The summed E-state index contributed by atoms with van der Waals surface area (Å²) < 4.78 is 0. The molecule has 4 heteroatoms. The quantitative estimate of drug-likeness (QED) is 0.856. The molecule has 0 saturated heterocycles. The molecule has 1 aromatic heterocycles. The van der Waals surface area contributed by atoms with Crippen LogP contribution in [0.25, 0.3) is 10.9 Å². The first-order valence-corrected chi connectivity index (χ1v) is 7.41. The van der Waals surface area contributed by atoms with Gasteiger partial charge in [-0.05, 0) is 36.6 Å². The molecule has 0 aliphatic carbocycles. The zero-order valence-electron chi connectivity index (χ0n) is 12.0. The summed E-state index contributed by atoms with van der Waals surface area (Å²) in [5, 5.41) is 14.8. The standard InChI is InChI=1S/C16H21ClN2O/c1-3-16(4-2,11-20)19-10-13-9-14(17)8-12-6-5-7-18-15(12)13/h5-9,19-20H,3-4,10-11H2,1-2H3. The molecule has 2 N–H and O–H groups in total. The van der Waals surface area contributed by atoms with Gasteiger partial charge >= 0.3 is 0 Å². The van der Waals surface area contributed by atoms with Gasteiger partial charge in [-0.25, -0.2) is 0 Å². The first-order chi connectivity index (χ1) is 9.64. The van der Waals surface area contributed by atoms with E-state index in [1.807, 2.05) is 24.3 Å². The second kappa shape index (κ2) is 6.53. The van der Waals surface area contributed by atoms with E-state index in [9.17, 15) is 5.11 Å². The third-order valence-electron chi connectivity index (χ3n) is 4.06. The predicted octanol–water partition coefficient (Wildman–Crippen LogP) is 3.53. The smallest absolute Gasteiger partial charge is 0.0747 e. The largest absolute Gasteiger partial charge is 0.394 e. The van der Waals surface area contributed by atoms with E-state index in [0.29, 0.717) is 11.6 Å². The van der Waals surface area contributed by atoms with Crippen LogP contribution in [0.15, 0.2) is 30.5 Å². The van der Waals surface area contributed by atoms with Crippen molar-refractivity contribution in [2.45, 2.75) is 38.8 Å². The third kappa shape index (κ3) is 3.11. The van der Waals surface area contributed by atoms with Crippen molar-refractivity contribution < 1.29 is 5.11 Å². The summed E-state index contributed by atoms with van der Waals surface area (Å²) in [5.41, 5.74) is 1.79. The van der Waals surface area contributed by atoms with Crippen LogP contribution in [0.4, 0.5) is 0 Å². The molecule has 1 heterocycles. The fraction of sp³-hybridized carbons (Fsp3) is 0.438. The average Bonchev–Trinajstić information content (AvgIpc) is 2.49. The topological polar surface area (TPSA) is 45.1 Å². The minimum absolute atomic E-state index is 0.131. The first-order valence-electron chi connectivity index (χ1n) is 7.03. The maximum atomic E-state index is 9.62. The van der Waals surface area contributed by atoms with Crippen molar-refractivity contribution in [1.29, 1.82) is 0 Å². The lowest BCUT2D eigenvalue weighted by molar-refractivity contribution is 0.149. The Kier molecular flexibility index (Phi) is 4.97. The Labute approximate surface area is 125 Å². The third-order valence-corrected chi connectivity index (χ3v) is 4.28. The van der Waals surface area contributed by atoms with Crippen LogP contribution in [0, 0.1) is 0 Å². The monoisotopic (exact) mass is 292 g/mol. The Bertz CT molecular complexity index is 573. The normalized spacial score (nSPS) is 12.0. The summed E-state index contributed by atoms with van der Waals surface area (Å²) in [7, 11) is 0. The van der Waals surface area contributed by atoms with Gasteiger partial charge in [-0.2, -0.15) is 0 Å². The second-order valence-electron chi connectivity index (χ2n) is 5.14. The van der Waals surface area contributed by atoms with E-state index < -0.39 is 0 Å². The highest BCUT2D eigenvalue weighted by molar-refractivity contribution is 6.31. The first kappa shape index (κ1) is 15.2. The van der Waals surface area contributed by atoms with E-state index in [0.717, 1.165) is 29.3 Å². The lowest BCUT2D eigenvalue weighted by Gasteiger charge is -2.31. The van der Waals surface area contributed by atoms with E-state index >= 15 is 0 Å². The minimum atomic E-state index is -0.233. The summed E-state index contributed by atoms with van der Waals surface area (Å²) in [6.45, 7) is 4.95. The number of pyridine rings is 1. The highest BCUT2D eigenvalue weighted by atomic mass is 35.5. The highest BCUT2D eigenvalue weighted by Crippen LogP contribution is 2.23. The van der Waals surface area contributed by atoms with Gasteiger partial charge in [0.15, 0.2) is 0 Å². The number of nitrogens with one attached hydrogen (secondary N) is 1. The lowest BCUT2D eigenvalue weighted by atomic mass is 9.93. The van der Waals surface area contributed by atoms with Gasteiger partial charge in [0.05, 0.1) is 12.1 Å². The van der Waals surface area contributed by atoms with Crippen molar-refractivity contribution >= 4 is 22.5 Å². The van der Waals surface area contributed by atoms with Crippen molar-refractivity contribution in [2.75, 3.05) is 6.61 Å². The van der Waals surface area contributed by atoms with Gasteiger partial charge < -0.3 is 10.4 Å². The molecule has 0 fully saturated rings. The molecule has 20 heavy (non-hydrogen) atoms. The van der Waals surface area contributed by atoms with Gasteiger partial charge in [0, 0.05) is 28.7 Å². The number of hydrogen-bond acceptors (Lipinski definition) is 3. The molecule has 0 radical (unpaired) electrons. The molecule has 1 aromatic carbocycles. The van der Waals surface area contributed by atoms with Gasteiger partial charge in [0.25, 0.3) is 0 Å². The van der Waals surface area contributed by atoms with Gasteiger partial charge in [0.1, 0.15) is 0 Å². The Morgan fingerprint density at radius 3 is 2.70 bits per heavy atom. The summed E-state index contributed by atoms with van der Waals surface area (Å²) in [4.78, 5) is 4.44. The van der Waals surface area contributed by atoms with Crippen LogP contribution in [0.3, 0.4) is 0 Å². The molecule has 0 amide bonds. The van der Waals surface area contributed by atoms with E-state index in [-0.39, 0.29) is 12.1 Å². The highest BCUT2D eigenvalue weighted by Gasteiger charge is 2.24. The number of benzene rings is 1. The Morgan fingerprint density at radius 2 is 2.05 bits per heavy atom. The maximum absolute atomic E-state index is 9.62. The summed E-state index contributed by atoms with van der Waals surface area (Å²) in [6.07, 6.45) is 3.55. The number of nitrogens with zero attached hydrogens (tertiary/aromatic N) is 1. The molecule has 108 valence electrons. The number of rotatable bonds is 6. The van der Waals surface area contributed by atoms with Crippen LogP contribution < -0.4 is 5.32 Å². The van der Waals surface area contributed by atoms with Gasteiger partial charge in [0.2, 0.25) is 0 Å². The molecule has 0 atom stereocenters. The zero-order chi connectivity index (χ0) is 14.6. The maximum Gasteiger partial charge on any atom is 0.0747 e. The number of aromatic nitrogens is 1. The van der Waals surface area contributed by atoms with Crippen LogP contribution in [-0.4, -0.2) is 22.2 Å². The molecule has 0 bridgehead atoms. The molecule has 2 aromatic rings. The average molecular weight is 293 g/mol. The van der Waals surface area contributed by atoms with Gasteiger partial charge in [-0.3, -0.25) is 4.98 Å². The van der Waals surface area contributed by atoms with Crippen LogP contribution >= 0.6 is 11.6 Å². The van der Waals surface area contributed by atoms with Gasteiger partial charge in [-0.1, -0.05) is 31.5 Å². The molecule has 0 spiro atoms. The van der Waals surface area contributed by atoms with Crippen molar-refractivity contribution in [3.63, 3.8) is 0 Å². The van der Waals surface area contributed by atoms with E-state index in [2.05, 4.69) is 24.1 Å². The summed E-state index contributed by atoms with van der Waals surface area (Å²) in [5.74, 6) is 0. The Balaban J connectivity index is 2.30. The number of aliphatic hydroxyl groups is 1. The molecular weight excluding hydrogens is 272 g/mol. The molecule has 0 aliphatic rings. The molecule has 3 nitrogen and oxygen atoms in total. The number of aliphatic hydroxyl groups excluding tert-OH is 1. The van der Waals surface area contributed by atoms with Gasteiger partial charge in [-0.15, -0.1) is 0 Å². The SMILES string of the molecule is CCC(CC)(CO)NCc1cc(Cl)cc2cccnc12. The second-order valence-corrected chi connectivity index (χ2v) is 5.58. The fourth-order valence-electron chi connectivity index (χ4n) is 2.42. The lowest BCUT2D eigenvalue weighted by Crippen LogP contribution is -2.47. The number of halogens is 1. The van der Waals surface area contributed by atoms with Crippen LogP contribution in [-0.2, 0) is 6.54 Å². The summed E-state index contributed by atoms with van der Waals surface area (Å²) in [6, 6.07) is 7.78. The van der Waals surface area contributed by atoms with Crippen molar-refractivity contribution in [3.8, 4) is 0 Å². The molecule has 0 saturated carbocycles. The Morgan fingerprint density at radius 1 is 1.30 bits per heavy atom. The fourth-order valence-corrected chi connectivity index (χ4v) is 2.67. The van der Waals surface area contributed by atoms with E-state index in [4.69, 9.17) is 11.6 Å². The Hall–Kier alpha value is -1.16. The van der Waals surface area contributed by atoms with Crippen molar-refractivity contribution in [2.24, 2.45) is 0 Å². The molecule has 0 aliphatic heterocycles. The molecular formula is C16H21ClN2O. The van der Waals surface area contributed by atoms with Crippen molar-refractivity contribution in [1.82, 2.24) is 10.3 Å². The molecule has 2 rings (SSSR count). The predicted molar refractivity (Wildman–Crippen MR) is 84.0 cm³/mol. The molecule has 0 unspecified atom stereocenters. The van der Waals surface area contributed by atoms with Crippen molar-refractivity contribution in [3.05, 3.63) is 41.0 Å². The van der Waals surface area contributed by atoms with E-state index in [1.165, 1.54) is 0 Å². The zero-order valence-corrected chi connectivity index (χ0v) is 12.7. The van der Waals surface area contributed by atoms with E-state index in [1.54, 1.807) is 6.20 Å². The van der Waals surface area contributed by atoms with Crippen LogP contribution in [0.2, 0.25) is 5.02 Å². The van der Waals surface area contributed by atoms with Crippen LogP contribution in [0.1, 0.15) is 32.3 Å². The number of fused-ring (bicyclic) bond motifs is 1.